The van der Waals surface area contributed by atoms with Gasteiger partial charge in [-0.05, 0) is 12.8 Å². The summed E-state index contributed by atoms with van der Waals surface area (Å²) in [6, 6.07) is -0.691. The highest BCUT2D eigenvalue weighted by Gasteiger charge is 2.39. The number of hydrogen-bond donors (Lipinski definition) is 0. The first kappa shape index (κ1) is 12.5. The maximum Gasteiger partial charge on any atom is 0.355 e. The van der Waals surface area contributed by atoms with Crippen molar-refractivity contribution in [2.75, 3.05) is 6.54 Å². The van der Waals surface area contributed by atoms with E-state index in [0.29, 0.717) is 24.4 Å². The molecule has 2 saturated heterocycles. The number of nitrogens with zero attached hydrogens (tertiary/aromatic N) is 2. The van der Waals surface area contributed by atoms with Gasteiger partial charge in [0.15, 0.2) is 0 Å². The Morgan fingerprint density at radius 1 is 1.22 bits per heavy atom. The Morgan fingerprint density at radius 2 is 1.83 bits per heavy atom. The molecule has 0 N–H and O–H groups in total. The molecule has 2 heterocycles. The number of carbonyl (C=O) groups excluding carboxylic acids is 4. The number of carbonyl (C=O) groups is 4. The zero-order valence-electron chi connectivity index (χ0n) is 10.0. The highest BCUT2D eigenvalue weighted by atomic mass is 16.7. The predicted octanol–water partition coefficient (Wildman–Crippen LogP) is -0.396. The topological polar surface area (TPSA) is 84.0 Å². The molecule has 2 fully saturated rings. The predicted molar refractivity (Wildman–Crippen MR) is 57.6 cm³/mol. The number of amides is 3. The maximum atomic E-state index is 11.8. The van der Waals surface area contributed by atoms with Crippen molar-refractivity contribution in [3.8, 4) is 0 Å². The summed E-state index contributed by atoms with van der Waals surface area (Å²) in [6.45, 7) is 1.87. The third kappa shape index (κ3) is 2.20. The third-order valence-electron chi connectivity index (χ3n) is 3.12. The lowest BCUT2D eigenvalue weighted by Gasteiger charge is -2.23. The highest BCUT2D eigenvalue weighted by Crippen LogP contribution is 2.20. The average molecular weight is 254 g/mol. The molecule has 0 saturated carbocycles. The van der Waals surface area contributed by atoms with Gasteiger partial charge >= 0.3 is 5.97 Å². The van der Waals surface area contributed by atoms with Gasteiger partial charge in [0, 0.05) is 26.3 Å². The molecule has 0 spiro atoms. The number of likely N-dealkylation sites (tertiary alicyclic amines) is 1. The molecule has 7 nitrogen and oxygen atoms in total. The smallest absolute Gasteiger partial charge is 0.329 e. The molecule has 98 valence electrons. The molecule has 0 aromatic rings. The van der Waals surface area contributed by atoms with Gasteiger partial charge in [-0.25, -0.2) is 4.79 Å². The summed E-state index contributed by atoms with van der Waals surface area (Å²) in [5.74, 6) is -1.96. The Balaban J connectivity index is 2.01. The molecular formula is C11H14N2O5. The van der Waals surface area contributed by atoms with Gasteiger partial charge in [-0.3, -0.25) is 14.4 Å². The average Bonchev–Trinajstić information content (AvgIpc) is 2.90. The maximum absolute atomic E-state index is 11.8. The van der Waals surface area contributed by atoms with Crippen molar-refractivity contribution in [3.05, 3.63) is 0 Å². The fourth-order valence-corrected chi connectivity index (χ4v) is 2.20. The van der Waals surface area contributed by atoms with Crippen molar-refractivity contribution < 1.29 is 24.0 Å². The number of hydrogen-bond acceptors (Lipinski definition) is 5. The van der Waals surface area contributed by atoms with E-state index >= 15 is 0 Å². The Labute approximate surface area is 104 Å². The van der Waals surface area contributed by atoms with Gasteiger partial charge in [-0.2, -0.15) is 0 Å². The van der Waals surface area contributed by atoms with E-state index in [1.807, 2.05) is 0 Å². The van der Waals surface area contributed by atoms with Crippen molar-refractivity contribution in [2.24, 2.45) is 0 Å². The minimum Gasteiger partial charge on any atom is -0.329 e. The number of imide groups is 1. The van der Waals surface area contributed by atoms with Crippen LogP contribution in [0.4, 0.5) is 0 Å². The summed E-state index contributed by atoms with van der Waals surface area (Å²) in [6.07, 6.45) is 1.33. The first-order valence-corrected chi connectivity index (χ1v) is 5.85. The van der Waals surface area contributed by atoms with Gasteiger partial charge in [0.05, 0.1) is 0 Å². The van der Waals surface area contributed by atoms with Crippen molar-refractivity contribution >= 4 is 23.7 Å². The minimum absolute atomic E-state index is 0.0627. The van der Waals surface area contributed by atoms with Crippen LogP contribution in [0.5, 0.6) is 0 Å². The van der Waals surface area contributed by atoms with Gasteiger partial charge in [0.25, 0.3) is 11.8 Å². The van der Waals surface area contributed by atoms with E-state index < -0.39 is 23.8 Å². The van der Waals surface area contributed by atoms with Gasteiger partial charge in [0.2, 0.25) is 5.91 Å². The molecule has 2 rings (SSSR count). The van der Waals surface area contributed by atoms with Crippen LogP contribution in [-0.2, 0) is 24.0 Å². The minimum atomic E-state index is -0.716. The van der Waals surface area contributed by atoms with Crippen LogP contribution in [0.1, 0.15) is 32.6 Å². The van der Waals surface area contributed by atoms with Crippen LogP contribution in [0.2, 0.25) is 0 Å². The summed E-state index contributed by atoms with van der Waals surface area (Å²) in [7, 11) is 0. The first-order valence-electron chi connectivity index (χ1n) is 5.85. The van der Waals surface area contributed by atoms with E-state index in [-0.39, 0.29) is 18.7 Å². The Bertz CT molecular complexity index is 404. The molecule has 1 atom stereocenters. The van der Waals surface area contributed by atoms with Crippen LogP contribution >= 0.6 is 0 Å². The van der Waals surface area contributed by atoms with Crippen LogP contribution in [0.3, 0.4) is 0 Å². The van der Waals surface area contributed by atoms with E-state index in [1.165, 1.54) is 11.8 Å². The second-order valence-corrected chi connectivity index (χ2v) is 4.36. The van der Waals surface area contributed by atoms with Gasteiger partial charge in [-0.1, -0.05) is 0 Å². The highest BCUT2D eigenvalue weighted by molar-refractivity contribution is 6.01. The molecule has 2 aliphatic rings. The van der Waals surface area contributed by atoms with Crippen molar-refractivity contribution in [1.82, 2.24) is 9.96 Å². The fraction of sp³-hybridized carbons (Fsp3) is 0.636. The van der Waals surface area contributed by atoms with E-state index in [1.54, 1.807) is 0 Å². The van der Waals surface area contributed by atoms with Crippen LogP contribution in [0.25, 0.3) is 0 Å². The molecule has 3 amide bonds. The Kier molecular flexibility index (Phi) is 3.31. The largest absolute Gasteiger partial charge is 0.355 e. The molecule has 0 aromatic carbocycles. The summed E-state index contributed by atoms with van der Waals surface area (Å²) in [5.41, 5.74) is 0. The summed E-state index contributed by atoms with van der Waals surface area (Å²) in [4.78, 5) is 51.9. The molecular weight excluding hydrogens is 240 g/mol. The molecule has 18 heavy (non-hydrogen) atoms. The fourth-order valence-electron chi connectivity index (χ4n) is 2.20. The lowest BCUT2D eigenvalue weighted by atomic mass is 10.2. The normalized spacial score (nSPS) is 23.7. The molecule has 7 heteroatoms. The van der Waals surface area contributed by atoms with E-state index in [0.717, 1.165) is 0 Å². The monoisotopic (exact) mass is 254 g/mol. The summed E-state index contributed by atoms with van der Waals surface area (Å²) >= 11 is 0. The van der Waals surface area contributed by atoms with E-state index in [2.05, 4.69) is 0 Å². The molecule has 1 unspecified atom stereocenters. The van der Waals surface area contributed by atoms with E-state index in [4.69, 9.17) is 4.84 Å². The lowest BCUT2D eigenvalue weighted by molar-refractivity contribution is -0.200. The van der Waals surface area contributed by atoms with Crippen molar-refractivity contribution in [3.63, 3.8) is 0 Å². The molecule has 0 bridgehead atoms. The quantitative estimate of drug-likeness (QED) is 0.626. The van der Waals surface area contributed by atoms with Crippen LogP contribution in [0, 0.1) is 0 Å². The zero-order chi connectivity index (χ0) is 13.3. The van der Waals surface area contributed by atoms with Crippen molar-refractivity contribution in [1.29, 1.82) is 0 Å². The molecule has 0 aliphatic carbocycles. The van der Waals surface area contributed by atoms with Crippen LogP contribution in [0.15, 0.2) is 0 Å². The van der Waals surface area contributed by atoms with Gasteiger partial charge in [0.1, 0.15) is 6.04 Å². The number of rotatable bonds is 2. The van der Waals surface area contributed by atoms with E-state index in [9.17, 15) is 19.2 Å². The Morgan fingerprint density at radius 3 is 2.39 bits per heavy atom. The number of hydroxylamine groups is 2. The standard InChI is InChI=1S/C11H14N2O5/c1-7(14)12-6-2-3-8(12)11(17)18-13-9(15)4-5-10(13)16/h8H,2-6H2,1H3. The summed E-state index contributed by atoms with van der Waals surface area (Å²) < 4.78 is 0. The van der Waals surface area contributed by atoms with Crippen molar-refractivity contribution in [2.45, 2.75) is 38.6 Å². The second kappa shape index (κ2) is 4.75. The third-order valence-corrected chi connectivity index (χ3v) is 3.12. The summed E-state index contributed by atoms with van der Waals surface area (Å²) in [5, 5.41) is 0.513. The molecule has 2 aliphatic heterocycles. The molecule has 0 radical (unpaired) electrons. The Hall–Kier alpha value is -1.92. The second-order valence-electron chi connectivity index (χ2n) is 4.36. The van der Waals surface area contributed by atoms with Crippen LogP contribution < -0.4 is 0 Å². The van der Waals surface area contributed by atoms with Gasteiger partial charge in [-0.15, -0.1) is 5.06 Å². The first-order chi connectivity index (χ1) is 8.50. The molecule has 0 aromatic heterocycles. The van der Waals surface area contributed by atoms with Crippen LogP contribution in [-0.4, -0.2) is 46.2 Å². The SMILES string of the molecule is CC(=O)N1CCCC1C(=O)ON1C(=O)CCC1=O. The van der Waals surface area contributed by atoms with Gasteiger partial charge < -0.3 is 9.74 Å². The lowest BCUT2D eigenvalue weighted by Crippen LogP contribution is -2.44. The zero-order valence-corrected chi connectivity index (χ0v) is 10.0.